The largest absolute Gasteiger partial charge is 0.389 e. The molecule has 0 bridgehead atoms. The molecule has 0 aromatic rings. The monoisotopic (exact) mass is 312 g/mol. The van der Waals surface area contributed by atoms with E-state index in [4.69, 9.17) is 6.42 Å². The fourth-order valence-electron chi connectivity index (χ4n) is 5.86. The van der Waals surface area contributed by atoms with Crippen molar-refractivity contribution in [1.82, 2.24) is 0 Å². The minimum absolute atomic E-state index is 0.209. The van der Waals surface area contributed by atoms with E-state index in [-0.39, 0.29) is 5.78 Å². The zero-order valence-electron chi connectivity index (χ0n) is 13.6. The highest BCUT2D eigenvalue weighted by Crippen LogP contribution is 2.63. The molecular weight excluding hydrogens is 288 g/mol. The molecule has 23 heavy (non-hydrogen) atoms. The maximum absolute atomic E-state index is 11.7. The van der Waals surface area contributed by atoms with Crippen molar-refractivity contribution >= 4 is 5.78 Å². The SMILES string of the molecule is C#CC1(O)CCC2C3CCC4=CC(=O)CCC4=C3C(O)CC21C. The smallest absolute Gasteiger partial charge is 0.156 e. The van der Waals surface area contributed by atoms with E-state index < -0.39 is 17.1 Å². The van der Waals surface area contributed by atoms with E-state index in [9.17, 15) is 15.0 Å². The first-order valence-electron chi connectivity index (χ1n) is 8.74. The lowest BCUT2D eigenvalue weighted by atomic mass is 9.54. The van der Waals surface area contributed by atoms with Crippen LogP contribution in [0.25, 0.3) is 0 Å². The van der Waals surface area contributed by atoms with Crippen molar-refractivity contribution in [2.75, 3.05) is 0 Å². The van der Waals surface area contributed by atoms with E-state index >= 15 is 0 Å². The third kappa shape index (κ3) is 1.89. The minimum atomic E-state index is -1.10. The van der Waals surface area contributed by atoms with Crippen LogP contribution in [-0.4, -0.2) is 27.7 Å². The summed E-state index contributed by atoms with van der Waals surface area (Å²) in [5.74, 6) is 3.46. The molecule has 4 aliphatic carbocycles. The van der Waals surface area contributed by atoms with Gasteiger partial charge in [0.15, 0.2) is 5.78 Å². The number of rotatable bonds is 0. The second-order valence-corrected chi connectivity index (χ2v) is 8.00. The molecule has 3 nitrogen and oxygen atoms in total. The van der Waals surface area contributed by atoms with Crippen LogP contribution in [-0.2, 0) is 4.79 Å². The Morgan fingerprint density at radius 1 is 1.30 bits per heavy atom. The summed E-state index contributed by atoms with van der Waals surface area (Å²) in [6.07, 6.45) is 12.1. The molecule has 4 aliphatic rings. The van der Waals surface area contributed by atoms with E-state index in [1.165, 1.54) is 5.57 Å². The van der Waals surface area contributed by atoms with E-state index in [0.29, 0.717) is 31.1 Å². The van der Waals surface area contributed by atoms with Gasteiger partial charge in [0.25, 0.3) is 0 Å². The van der Waals surface area contributed by atoms with Crippen LogP contribution in [0.1, 0.15) is 51.9 Å². The third-order valence-corrected chi connectivity index (χ3v) is 7.10. The van der Waals surface area contributed by atoms with Crippen molar-refractivity contribution in [2.24, 2.45) is 17.3 Å². The van der Waals surface area contributed by atoms with Crippen LogP contribution in [0.15, 0.2) is 22.8 Å². The van der Waals surface area contributed by atoms with Crippen molar-refractivity contribution in [3.05, 3.63) is 22.8 Å². The highest BCUT2D eigenvalue weighted by molar-refractivity contribution is 5.93. The summed E-state index contributed by atoms with van der Waals surface area (Å²) in [5, 5.41) is 21.8. The molecule has 0 radical (unpaired) electrons. The van der Waals surface area contributed by atoms with E-state index in [1.54, 1.807) is 6.08 Å². The van der Waals surface area contributed by atoms with Gasteiger partial charge in [-0.15, -0.1) is 6.42 Å². The predicted molar refractivity (Wildman–Crippen MR) is 87.3 cm³/mol. The minimum Gasteiger partial charge on any atom is -0.389 e. The number of ketones is 1. The number of aliphatic hydroxyl groups is 2. The molecular formula is C20H24O3. The normalized spacial score (nSPS) is 45.7. The Hall–Kier alpha value is -1.37. The zero-order valence-corrected chi connectivity index (χ0v) is 13.6. The summed E-state index contributed by atoms with van der Waals surface area (Å²) in [4.78, 5) is 11.7. The van der Waals surface area contributed by atoms with Gasteiger partial charge in [-0.25, -0.2) is 0 Å². The molecule has 0 aromatic carbocycles. The maximum atomic E-state index is 11.7. The van der Waals surface area contributed by atoms with Crippen LogP contribution in [0, 0.1) is 29.6 Å². The molecule has 2 fully saturated rings. The topological polar surface area (TPSA) is 57.5 Å². The quantitative estimate of drug-likeness (QED) is 0.676. The second-order valence-electron chi connectivity index (χ2n) is 8.00. The lowest BCUT2D eigenvalue weighted by Gasteiger charge is -2.52. The number of allylic oxidation sites excluding steroid dienone is 3. The van der Waals surface area contributed by atoms with Gasteiger partial charge in [-0.3, -0.25) is 4.79 Å². The average molecular weight is 312 g/mol. The van der Waals surface area contributed by atoms with E-state index in [2.05, 4.69) is 12.8 Å². The average Bonchev–Trinajstić information content (AvgIpc) is 2.78. The standard InChI is InChI=1S/C20H24O3/c1-3-20(23)9-8-16-15-6-4-12-10-13(21)5-7-14(12)18(15)17(22)11-19(16,20)2/h1,10,15-17,22-23H,4-9,11H2,2H3. The Morgan fingerprint density at radius 2 is 2.09 bits per heavy atom. The third-order valence-electron chi connectivity index (χ3n) is 7.10. The van der Waals surface area contributed by atoms with Crippen LogP contribution < -0.4 is 0 Å². The molecule has 0 aliphatic heterocycles. The summed E-state index contributed by atoms with van der Waals surface area (Å²) in [6.45, 7) is 2.06. The van der Waals surface area contributed by atoms with Gasteiger partial charge in [-0.2, -0.15) is 0 Å². The Bertz CT molecular complexity index is 679. The van der Waals surface area contributed by atoms with Crippen LogP contribution in [0.2, 0.25) is 0 Å². The summed E-state index contributed by atoms with van der Waals surface area (Å²) in [5.41, 5.74) is 2.00. The van der Waals surface area contributed by atoms with Crippen molar-refractivity contribution in [1.29, 1.82) is 0 Å². The van der Waals surface area contributed by atoms with E-state index in [1.807, 2.05) is 0 Å². The highest BCUT2D eigenvalue weighted by Gasteiger charge is 2.62. The molecule has 4 rings (SSSR count). The van der Waals surface area contributed by atoms with Crippen LogP contribution in [0.3, 0.4) is 0 Å². The Morgan fingerprint density at radius 3 is 2.83 bits per heavy atom. The summed E-state index contributed by atoms with van der Waals surface area (Å²) < 4.78 is 0. The number of terminal acetylenes is 1. The van der Waals surface area contributed by atoms with Crippen LogP contribution in [0.5, 0.6) is 0 Å². The molecule has 5 unspecified atom stereocenters. The van der Waals surface area contributed by atoms with Gasteiger partial charge in [0, 0.05) is 11.8 Å². The number of hydrogen-bond donors (Lipinski definition) is 2. The van der Waals surface area contributed by atoms with Crippen LogP contribution >= 0.6 is 0 Å². The van der Waals surface area contributed by atoms with Gasteiger partial charge in [0.2, 0.25) is 0 Å². The van der Waals surface area contributed by atoms with Crippen molar-refractivity contribution in [3.8, 4) is 12.3 Å². The molecule has 0 spiro atoms. The Labute approximate surface area is 137 Å². The van der Waals surface area contributed by atoms with Crippen LogP contribution in [0.4, 0.5) is 0 Å². The summed E-state index contributed by atoms with van der Waals surface area (Å²) >= 11 is 0. The number of carbonyl (C=O) groups is 1. The molecule has 2 saturated carbocycles. The van der Waals surface area contributed by atoms with Gasteiger partial charge in [-0.05, 0) is 73.2 Å². The molecule has 0 heterocycles. The molecule has 5 atom stereocenters. The molecule has 0 aromatic heterocycles. The van der Waals surface area contributed by atoms with Crippen molar-refractivity contribution in [3.63, 3.8) is 0 Å². The number of aliphatic hydroxyl groups excluding tert-OH is 1. The molecule has 0 saturated heterocycles. The van der Waals surface area contributed by atoms with Gasteiger partial charge in [-0.1, -0.05) is 12.8 Å². The molecule has 0 amide bonds. The lowest BCUT2D eigenvalue weighted by Crippen LogP contribution is -2.52. The highest BCUT2D eigenvalue weighted by atomic mass is 16.3. The van der Waals surface area contributed by atoms with Crippen molar-refractivity contribution < 1.29 is 15.0 Å². The Balaban J connectivity index is 1.81. The van der Waals surface area contributed by atoms with Gasteiger partial charge < -0.3 is 10.2 Å². The maximum Gasteiger partial charge on any atom is 0.156 e. The predicted octanol–water partition coefficient (Wildman–Crippen LogP) is 2.53. The second kappa shape index (κ2) is 4.82. The number of carbonyl (C=O) groups excluding carboxylic acids is 1. The van der Waals surface area contributed by atoms with E-state index in [0.717, 1.165) is 36.8 Å². The summed E-state index contributed by atoms with van der Waals surface area (Å²) in [7, 11) is 0. The first-order valence-corrected chi connectivity index (χ1v) is 8.74. The van der Waals surface area contributed by atoms with Gasteiger partial charge in [0.05, 0.1) is 6.10 Å². The molecule has 3 heteroatoms. The summed E-state index contributed by atoms with van der Waals surface area (Å²) in [6, 6.07) is 0. The molecule has 122 valence electrons. The fourth-order valence-corrected chi connectivity index (χ4v) is 5.86. The van der Waals surface area contributed by atoms with Gasteiger partial charge in [0.1, 0.15) is 5.60 Å². The fraction of sp³-hybridized carbons (Fsp3) is 0.650. The van der Waals surface area contributed by atoms with Gasteiger partial charge >= 0.3 is 0 Å². The lowest BCUT2D eigenvalue weighted by molar-refractivity contribution is -0.114. The number of hydrogen-bond acceptors (Lipinski definition) is 3. The first kappa shape index (κ1) is 15.2. The number of fused-ring (bicyclic) bond motifs is 4. The zero-order chi connectivity index (χ0) is 16.4. The first-order chi connectivity index (χ1) is 10.9. The Kier molecular flexibility index (Phi) is 3.18. The molecule has 2 N–H and O–H groups in total. The van der Waals surface area contributed by atoms with Crippen molar-refractivity contribution in [2.45, 2.75) is 63.6 Å².